The first-order valence-electron chi connectivity index (χ1n) is 13.8. The molecule has 0 fully saturated rings. The van der Waals surface area contributed by atoms with E-state index in [0.29, 0.717) is 43.6 Å². The van der Waals surface area contributed by atoms with Crippen molar-refractivity contribution in [2.45, 2.75) is 51.8 Å². The zero-order valence-electron chi connectivity index (χ0n) is 23.9. The molecule has 218 valence electrons. The highest BCUT2D eigenvalue weighted by atomic mass is 16.5. The molecule has 0 bridgehead atoms. The second kappa shape index (κ2) is 15.4. The molecule has 0 saturated carbocycles. The lowest BCUT2D eigenvalue weighted by molar-refractivity contribution is 0.137. The van der Waals surface area contributed by atoms with Gasteiger partial charge in [-0.2, -0.15) is 0 Å². The van der Waals surface area contributed by atoms with Gasteiger partial charge in [0.05, 0.1) is 19.8 Å². The fourth-order valence-electron chi connectivity index (χ4n) is 4.62. The van der Waals surface area contributed by atoms with Gasteiger partial charge in [0.15, 0.2) is 11.5 Å². The maximum Gasteiger partial charge on any atom is 0.253 e. The first-order valence-corrected chi connectivity index (χ1v) is 13.8. The van der Waals surface area contributed by atoms with Crippen LogP contribution in [0.2, 0.25) is 0 Å². The maximum atomic E-state index is 12.2. The number of ether oxygens (including phenoxy) is 3. The number of hydrogen-bond acceptors (Lipinski definition) is 9. The molecule has 9 nitrogen and oxygen atoms in total. The summed E-state index contributed by atoms with van der Waals surface area (Å²) in [5.74, 6) is 1.89. The second-order valence-corrected chi connectivity index (χ2v) is 10.5. The van der Waals surface area contributed by atoms with E-state index in [1.165, 1.54) is 0 Å². The van der Waals surface area contributed by atoms with Gasteiger partial charge in [-0.15, -0.1) is 0 Å². The number of rotatable bonds is 18. The minimum Gasteiger partial charge on any atom is -0.493 e. The molecule has 3 aromatic carbocycles. The van der Waals surface area contributed by atoms with E-state index in [9.17, 15) is 14.7 Å². The normalized spacial score (nSPS) is 13.7. The van der Waals surface area contributed by atoms with Gasteiger partial charge >= 0.3 is 0 Å². The number of nitrogens with one attached hydrogen (secondary N) is 2. The Morgan fingerprint density at radius 2 is 1.60 bits per heavy atom. The average Bonchev–Trinajstić information content (AvgIpc) is 2.96. The van der Waals surface area contributed by atoms with Crippen LogP contribution >= 0.6 is 0 Å². The van der Waals surface area contributed by atoms with Gasteiger partial charge in [-0.1, -0.05) is 50.2 Å². The van der Waals surface area contributed by atoms with Gasteiger partial charge in [-0.25, -0.2) is 0 Å². The third kappa shape index (κ3) is 8.55. The summed E-state index contributed by atoms with van der Waals surface area (Å²) >= 11 is 0. The predicted octanol–water partition coefficient (Wildman–Crippen LogP) is 3.32. The average molecular weight is 554 g/mol. The number of anilines is 2. The molecule has 0 amide bonds. The van der Waals surface area contributed by atoms with Crippen LogP contribution in [-0.4, -0.2) is 51.2 Å². The van der Waals surface area contributed by atoms with Gasteiger partial charge in [-0.3, -0.25) is 9.59 Å². The minimum atomic E-state index is -0.900. The fraction of sp³-hybridized carbons (Fsp3) is 0.484. The molecule has 0 spiro atoms. The van der Waals surface area contributed by atoms with Crippen LogP contribution in [0.1, 0.15) is 37.8 Å². The third-order valence-electron chi connectivity index (χ3n) is 7.20. The molecular formula is C31H43N3O6. The summed E-state index contributed by atoms with van der Waals surface area (Å²) in [6.45, 7) is 5.92. The van der Waals surface area contributed by atoms with Crippen LogP contribution in [0, 0.1) is 11.8 Å². The monoisotopic (exact) mass is 553 g/mol. The Kier molecular flexibility index (Phi) is 12.0. The fourth-order valence-corrected chi connectivity index (χ4v) is 4.62. The number of hydrogen-bond donors (Lipinski definition) is 4. The van der Waals surface area contributed by atoms with Crippen LogP contribution in [0.15, 0.2) is 58.1 Å². The van der Waals surface area contributed by atoms with Crippen LogP contribution in [0.4, 0.5) is 11.4 Å². The van der Waals surface area contributed by atoms with Crippen molar-refractivity contribution < 1.29 is 19.3 Å². The highest BCUT2D eigenvalue weighted by molar-refractivity contribution is 5.74. The Balaban J connectivity index is 1.57. The lowest BCUT2D eigenvalue weighted by atomic mass is 9.83. The Morgan fingerprint density at radius 3 is 2.25 bits per heavy atom. The quantitative estimate of drug-likeness (QED) is 0.138. The molecule has 5 N–H and O–H groups in total. The van der Waals surface area contributed by atoms with Crippen molar-refractivity contribution in [2.24, 2.45) is 17.6 Å². The number of methoxy groups -OCH3 is 2. The molecule has 0 saturated heterocycles. The lowest BCUT2D eigenvalue weighted by Crippen LogP contribution is -2.44. The number of aliphatic hydroxyl groups excluding tert-OH is 1. The van der Waals surface area contributed by atoms with Gasteiger partial charge in [-0.05, 0) is 47.9 Å². The predicted molar refractivity (Wildman–Crippen MR) is 159 cm³/mol. The van der Waals surface area contributed by atoms with Crippen LogP contribution in [0.3, 0.4) is 0 Å². The van der Waals surface area contributed by atoms with E-state index in [0.717, 1.165) is 24.0 Å². The first-order chi connectivity index (χ1) is 19.2. The maximum absolute atomic E-state index is 12.2. The molecule has 0 radical (unpaired) electrons. The van der Waals surface area contributed by atoms with E-state index >= 15 is 0 Å². The van der Waals surface area contributed by atoms with Crippen molar-refractivity contribution in [1.82, 2.24) is 0 Å². The smallest absolute Gasteiger partial charge is 0.253 e. The van der Waals surface area contributed by atoms with Crippen LogP contribution in [-0.2, 0) is 17.7 Å². The van der Waals surface area contributed by atoms with Crippen molar-refractivity contribution in [3.8, 4) is 11.5 Å². The molecule has 0 aliphatic rings. The molecule has 0 aliphatic carbocycles. The van der Waals surface area contributed by atoms with E-state index in [1.807, 2.05) is 48.5 Å². The van der Waals surface area contributed by atoms with Crippen LogP contribution in [0.5, 0.6) is 11.5 Å². The van der Waals surface area contributed by atoms with E-state index in [4.69, 9.17) is 19.9 Å². The summed E-state index contributed by atoms with van der Waals surface area (Å²) in [5, 5.41) is 16.8. The Bertz CT molecular complexity index is 1260. The van der Waals surface area contributed by atoms with Gasteiger partial charge < -0.3 is 35.7 Å². The van der Waals surface area contributed by atoms with Gasteiger partial charge in [0.25, 0.3) is 10.9 Å². The Labute approximate surface area is 236 Å². The van der Waals surface area contributed by atoms with Crippen molar-refractivity contribution in [3.63, 3.8) is 0 Å². The van der Waals surface area contributed by atoms with E-state index in [-0.39, 0.29) is 23.8 Å². The molecule has 0 unspecified atom stereocenters. The van der Waals surface area contributed by atoms with Gasteiger partial charge in [0.2, 0.25) is 0 Å². The Morgan fingerprint density at radius 1 is 0.900 bits per heavy atom. The molecule has 3 aromatic rings. The van der Waals surface area contributed by atoms with E-state index < -0.39 is 23.0 Å². The summed E-state index contributed by atoms with van der Waals surface area (Å²) in [5.41, 5.74) is 7.81. The summed E-state index contributed by atoms with van der Waals surface area (Å²) < 4.78 is 16.5. The van der Waals surface area contributed by atoms with Crippen molar-refractivity contribution in [2.75, 3.05) is 44.6 Å². The number of aliphatic hydroxyl groups is 1. The topological polar surface area (TPSA) is 132 Å². The molecule has 0 aromatic heterocycles. The standard InChI is InChI=1S/C31H43N3O6/c1-20(2)23(15-22-11-12-26(39-4)27(16-22)40-14-8-13-38-3)17-24(32)25(35)19-34-29-28(30(36)31(29)37)33-18-21-9-6-5-7-10-21/h5-7,9-12,16,20,23-25,33-35H,8,13-15,17-19,32H2,1-4H3/t23-,24-,25-/m0/s1. The van der Waals surface area contributed by atoms with Crippen LogP contribution < -0.4 is 36.7 Å². The molecule has 40 heavy (non-hydrogen) atoms. The molecule has 0 heterocycles. The number of nitrogens with two attached hydrogens (primary N) is 1. The molecule has 3 atom stereocenters. The SMILES string of the molecule is COCCCOc1cc(C[C@@H](C[C@H](N)[C@@H](O)CNc2c(NCc3ccccc3)c(=O)c2=O)C(C)C)ccc1OC. The van der Waals surface area contributed by atoms with Crippen LogP contribution in [0.25, 0.3) is 0 Å². The van der Waals surface area contributed by atoms with E-state index in [2.05, 4.69) is 24.5 Å². The molecule has 9 heteroatoms. The largest absolute Gasteiger partial charge is 0.493 e. The summed E-state index contributed by atoms with van der Waals surface area (Å²) in [6, 6.07) is 15.0. The first kappa shape index (κ1) is 31.1. The zero-order chi connectivity index (χ0) is 29.1. The minimum absolute atomic E-state index is 0.0683. The summed E-state index contributed by atoms with van der Waals surface area (Å²) in [4.78, 5) is 24.3. The van der Waals surface area contributed by atoms with Gasteiger partial charge in [0.1, 0.15) is 11.4 Å². The van der Waals surface area contributed by atoms with Crippen molar-refractivity contribution in [1.29, 1.82) is 0 Å². The summed E-state index contributed by atoms with van der Waals surface area (Å²) in [7, 11) is 3.28. The molecule has 0 aliphatic heterocycles. The zero-order valence-corrected chi connectivity index (χ0v) is 23.9. The van der Waals surface area contributed by atoms with Crippen molar-refractivity contribution >= 4 is 11.4 Å². The number of benzene rings is 2. The van der Waals surface area contributed by atoms with Gasteiger partial charge in [0, 0.05) is 39.3 Å². The van der Waals surface area contributed by atoms with E-state index in [1.54, 1.807) is 14.2 Å². The summed E-state index contributed by atoms with van der Waals surface area (Å²) in [6.07, 6.45) is 1.22. The molecular weight excluding hydrogens is 510 g/mol. The third-order valence-corrected chi connectivity index (χ3v) is 7.20. The molecule has 3 rings (SSSR count). The second-order valence-electron chi connectivity index (χ2n) is 10.5. The highest BCUT2D eigenvalue weighted by Gasteiger charge is 2.25. The lowest BCUT2D eigenvalue weighted by Gasteiger charge is -2.28. The highest BCUT2D eigenvalue weighted by Crippen LogP contribution is 2.31. The van der Waals surface area contributed by atoms with Crippen molar-refractivity contribution in [3.05, 3.63) is 80.1 Å². The Hall–Kier alpha value is -3.40.